The first-order valence-electron chi connectivity index (χ1n) is 9.90. The van der Waals surface area contributed by atoms with Crippen molar-refractivity contribution in [3.05, 3.63) is 102 Å². The van der Waals surface area contributed by atoms with Crippen LogP contribution in [0.4, 0.5) is 15.8 Å². The van der Waals surface area contributed by atoms with Gasteiger partial charge in [-0.25, -0.2) is 22.8 Å². The average molecular weight is 463 g/mol. The molecule has 3 aromatic carbocycles. The number of carbonyl (C=O) groups is 1. The quantitative estimate of drug-likeness (QED) is 0.435. The van der Waals surface area contributed by atoms with Crippen LogP contribution in [0.15, 0.2) is 90.0 Å². The van der Waals surface area contributed by atoms with Gasteiger partial charge in [0.25, 0.3) is 15.9 Å². The maximum absolute atomic E-state index is 13.0. The molecule has 1 amide bonds. The van der Waals surface area contributed by atoms with Gasteiger partial charge < -0.3 is 5.32 Å². The van der Waals surface area contributed by atoms with E-state index in [1.807, 2.05) is 6.07 Å². The molecule has 0 saturated carbocycles. The Labute approximate surface area is 190 Å². The Morgan fingerprint density at radius 1 is 0.909 bits per heavy atom. The highest BCUT2D eigenvalue weighted by Gasteiger charge is 2.16. The minimum absolute atomic E-state index is 0.0236. The predicted molar refractivity (Wildman–Crippen MR) is 124 cm³/mol. The maximum Gasteiger partial charge on any atom is 0.261 e. The van der Waals surface area contributed by atoms with E-state index in [4.69, 9.17) is 0 Å². The fourth-order valence-corrected chi connectivity index (χ4v) is 4.15. The van der Waals surface area contributed by atoms with Crippen LogP contribution >= 0.6 is 0 Å². The summed E-state index contributed by atoms with van der Waals surface area (Å²) in [5.74, 6) is -0.210. The molecule has 0 aliphatic heterocycles. The lowest BCUT2D eigenvalue weighted by Crippen LogP contribution is -2.15. The number of carbonyl (C=O) groups excluding carboxylic acids is 1. The molecule has 0 radical (unpaired) electrons. The van der Waals surface area contributed by atoms with Crippen LogP contribution in [0.3, 0.4) is 0 Å². The van der Waals surface area contributed by atoms with E-state index >= 15 is 0 Å². The first-order chi connectivity index (χ1) is 15.8. The molecule has 1 aromatic heterocycles. The highest BCUT2D eigenvalue weighted by atomic mass is 32.2. The summed E-state index contributed by atoms with van der Waals surface area (Å²) in [4.78, 5) is 21.1. The second-order valence-corrected chi connectivity index (χ2v) is 8.84. The van der Waals surface area contributed by atoms with Gasteiger partial charge in [0.15, 0.2) is 0 Å². The molecule has 0 saturated heterocycles. The fraction of sp³-hybridized carbons (Fsp3) is 0.0417. The number of halogens is 1. The molecule has 1 heterocycles. The lowest BCUT2D eigenvalue weighted by atomic mass is 10.1. The van der Waals surface area contributed by atoms with Crippen molar-refractivity contribution < 1.29 is 17.6 Å². The van der Waals surface area contributed by atoms with Crippen LogP contribution < -0.4 is 10.0 Å². The molecule has 4 aromatic rings. The molecular weight excluding hydrogens is 443 g/mol. The zero-order valence-electron chi connectivity index (χ0n) is 17.5. The summed E-state index contributed by atoms with van der Waals surface area (Å²) in [7, 11) is -3.88. The topological polar surface area (TPSA) is 101 Å². The largest absolute Gasteiger partial charge is 0.322 e. The number of amides is 1. The lowest BCUT2D eigenvalue weighted by molar-refractivity contribution is 0.102. The molecule has 0 spiro atoms. The van der Waals surface area contributed by atoms with Crippen molar-refractivity contribution in [3.8, 4) is 11.3 Å². The maximum atomic E-state index is 13.0. The SMILES string of the molecule is Cc1nccc(-c2cccc(NC(=O)c3ccc(S(=O)(=O)Nc4ccc(F)cc4)cc3)c2)n1. The van der Waals surface area contributed by atoms with Gasteiger partial charge in [0, 0.05) is 28.7 Å². The van der Waals surface area contributed by atoms with Crippen molar-refractivity contribution in [3.63, 3.8) is 0 Å². The second-order valence-electron chi connectivity index (χ2n) is 7.16. The number of sulfonamides is 1. The van der Waals surface area contributed by atoms with E-state index in [0.29, 0.717) is 17.1 Å². The first-order valence-corrected chi connectivity index (χ1v) is 11.4. The monoisotopic (exact) mass is 462 g/mol. The summed E-state index contributed by atoms with van der Waals surface area (Å²) in [5.41, 5.74) is 2.66. The molecule has 0 unspecified atom stereocenters. The number of hydrogen-bond acceptors (Lipinski definition) is 5. The third-order valence-corrected chi connectivity index (χ3v) is 6.11. The number of aryl methyl sites for hydroxylation is 1. The van der Waals surface area contributed by atoms with E-state index in [0.717, 1.165) is 23.4 Å². The van der Waals surface area contributed by atoms with E-state index in [2.05, 4.69) is 20.0 Å². The predicted octanol–water partition coefficient (Wildman–Crippen LogP) is 4.64. The molecule has 0 atom stereocenters. The highest BCUT2D eigenvalue weighted by molar-refractivity contribution is 7.92. The Hall–Kier alpha value is -4.11. The van der Waals surface area contributed by atoms with Crippen molar-refractivity contribution in [1.29, 1.82) is 0 Å². The number of aromatic nitrogens is 2. The minimum Gasteiger partial charge on any atom is -0.322 e. The van der Waals surface area contributed by atoms with Gasteiger partial charge in [0.05, 0.1) is 10.6 Å². The van der Waals surface area contributed by atoms with Crippen LogP contribution in [-0.2, 0) is 10.0 Å². The molecule has 9 heteroatoms. The zero-order valence-corrected chi connectivity index (χ0v) is 18.3. The van der Waals surface area contributed by atoms with Crippen molar-refractivity contribution in [2.75, 3.05) is 10.0 Å². The Morgan fingerprint density at radius 2 is 1.64 bits per heavy atom. The Kier molecular flexibility index (Phi) is 6.14. The van der Waals surface area contributed by atoms with Gasteiger partial charge in [-0.15, -0.1) is 0 Å². The summed E-state index contributed by atoms with van der Waals surface area (Å²) >= 11 is 0. The van der Waals surface area contributed by atoms with Gasteiger partial charge in [0.1, 0.15) is 11.6 Å². The summed E-state index contributed by atoms with van der Waals surface area (Å²) in [5, 5.41) is 2.80. The van der Waals surface area contributed by atoms with Crippen LogP contribution in [0.2, 0.25) is 0 Å². The third-order valence-electron chi connectivity index (χ3n) is 4.72. The minimum atomic E-state index is -3.88. The number of anilines is 2. The highest BCUT2D eigenvalue weighted by Crippen LogP contribution is 2.22. The molecule has 33 heavy (non-hydrogen) atoms. The van der Waals surface area contributed by atoms with E-state index < -0.39 is 15.8 Å². The molecule has 0 fully saturated rings. The third kappa shape index (κ3) is 5.39. The molecule has 7 nitrogen and oxygen atoms in total. The molecule has 0 aliphatic rings. The molecule has 0 aliphatic carbocycles. The van der Waals surface area contributed by atoms with Crippen LogP contribution in [0, 0.1) is 12.7 Å². The van der Waals surface area contributed by atoms with Gasteiger partial charge in [-0.1, -0.05) is 12.1 Å². The molecule has 166 valence electrons. The van der Waals surface area contributed by atoms with Gasteiger partial charge in [-0.3, -0.25) is 9.52 Å². The number of benzene rings is 3. The van der Waals surface area contributed by atoms with Crippen LogP contribution in [-0.4, -0.2) is 24.3 Å². The molecular formula is C24H19FN4O3S. The van der Waals surface area contributed by atoms with E-state index in [-0.39, 0.29) is 16.5 Å². The van der Waals surface area contributed by atoms with Crippen LogP contribution in [0.5, 0.6) is 0 Å². The summed E-state index contributed by atoms with van der Waals surface area (Å²) in [6.07, 6.45) is 1.67. The smallest absolute Gasteiger partial charge is 0.261 e. The summed E-state index contributed by atoms with van der Waals surface area (Å²) < 4.78 is 40.5. The number of hydrogen-bond donors (Lipinski definition) is 2. The van der Waals surface area contributed by atoms with E-state index in [1.54, 1.807) is 37.4 Å². The summed E-state index contributed by atoms with van der Waals surface area (Å²) in [6, 6.07) is 19.5. The second kappa shape index (κ2) is 9.17. The normalized spacial score (nSPS) is 11.1. The molecule has 0 bridgehead atoms. The zero-order chi connectivity index (χ0) is 23.4. The van der Waals surface area contributed by atoms with Gasteiger partial charge in [-0.05, 0) is 73.7 Å². The molecule has 2 N–H and O–H groups in total. The van der Waals surface area contributed by atoms with Gasteiger partial charge >= 0.3 is 0 Å². The van der Waals surface area contributed by atoms with Crippen molar-refractivity contribution in [2.45, 2.75) is 11.8 Å². The van der Waals surface area contributed by atoms with Crippen LogP contribution in [0.25, 0.3) is 11.3 Å². The fourth-order valence-electron chi connectivity index (χ4n) is 3.09. The Morgan fingerprint density at radius 3 is 2.33 bits per heavy atom. The van der Waals surface area contributed by atoms with E-state index in [9.17, 15) is 17.6 Å². The Balaban J connectivity index is 1.47. The molecule has 4 rings (SSSR count). The van der Waals surface area contributed by atoms with Gasteiger partial charge in [0.2, 0.25) is 0 Å². The Bertz CT molecular complexity index is 1410. The van der Waals surface area contributed by atoms with Crippen molar-refractivity contribution >= 4 is 27.3 Å². The number of rotatable bonds is 6. The number of nitrogens with one attached hydrogen (secondary N) is 2. The number of nitrogens with zero attached hydrogens (tertiary/aromatic N) is 2. The lowest BCUT2D eigenvalue weighted by Gasteiger charge is -2.10. The van der Waals surface area contributed by atoms with Crippen LogP contribution in [0.1, 0.15) is 16.2 Å². The first kappa shape index (κ1) is 22.1. The average Bonchev–Trinajstić information content (AvgIpc) is 2.81. The van der Waals surface area contributed by atoms with Crippen molar-refractivity contribution in [2.24, 2.45) is 0 Å². The standard InChI is InChI=1S/C24H19FN4O3S/c1-16-26-14-13-23(27-16)18-3-2-4-21(15-18)28-24(30)17-5-11-22(12-6-17)33(31,32)29-20-9-7-19(25)8-10-20/h2-15,29H,1H3,(H,28,30). The van der Waals surface area contributed by atoms with Crippen molar-refractivity contribution in [1.82, 2.24) is 9.97 Å². The summed E-state index contributed by atoms with van der Waals surface area (Å²) in [6.45, 7) is 1.80. The van der Waals surface area contributed by atoms with E-state index in [1.165, 1.54) is 36.4 Å². The van der Waals surface area contributed by atoms with Gasteiger partial charge in [-0.2, -0.15) is 0 Å².